The van der Waals surface area contributed by atoms with Crippen molar-refractivity contribution in [1.82, 2.24) is 14.9 Å². The molecule has 4 nitrogen and oxygen atoms in total. The molecule has 28 heavy (non-hydrogen) atoms. The highest BCUT2D eigenvalue weighted by Crippen LogP contribution is 2.27. The third kappa shape index (κ3) is 4.28. The number of carbonyl (C=O) groups excluding carboxylic acids is 1. The molecule has 0 saturated carbocycles. The van der Waals surface area contributed by atoms with Crippen molar-refractivity contribution in [3.05, 3.63) is 83.8 Å². The van der Waals surface area contributed by atoms with Gasteiger partial charge in [0.15, 0.2) is 0 Å². The maximum Gasteiger partial charge on any atom is 0.227 e. The highest BCUT2D eigenvalue weighted by molar-refractivity contribution is 5.79. The number of aromatic nitrogens is 2. The average Bonchev–Trinajstić information content (AvgIpc) is 2.75. The first-order valence-corrected chi connectivity index (χ1v) is 9.90. The second-order valence-corrected chi connectivity index (χ2v) is 7.54. The van der Waals surface area contributed by atoms with E-state index in [9.17, 15) is 4.79 Å². The van der Waals surface area contributed by atoms with Crippen LogP contribution in [-0.4, -0.2) is 33.9 Å². The molecule has 4 rings (SSSR count). The molecule has 0 bridgehead atoms. The summed E-state index contributed by atoms with van der Waals surface area (Å²) in [4.78, 5) is 24.1. The topological polar surface area (TPSA) is 46.1 Å². The van der Waals surface area contributed by atoms with Gasteiger partial charge in [0.05, 0.1) is 24.0 Å². The van der Waals surface area contributed by atoms with Crippen LogP contribution in [0.5, 0.6) is 0 Å². The predicted molar refractivity (Wildman–Crippen MR) is 111 cm³/mol. The summed E-state index contributed by atoms with van der Waals surface area (Å²) >= 11 is 0. The average molecular weight is 371 g/mol. The molecule has 0 radical (unpaired) electrons. The van der Waals surface area contributed by atoms with Crippen LogP contribution in [0.25, 0.3) is 11.3 Å². The van der Waals surface area contributed by atoms with Crippen molar-refractivity contribution in [2.75, 3.05) is 13.1 Å². The number of rotatable bonds is 4. The molecule has 0 unspecified atom stereocenters. The zero-order valence-corrected chi connectivity index (χ0v) is 16.2. The summed E-state index contributed by atoms with van der Waals surface area (Å²) in [5.74, 6) is 0.435. The molecule has 1 aliphatic rings. The number of piperidine rings is 1. The van der Waals surface area contributed by atoms with Gasteiger partial charge in [0.1, 0.15) is 0 Å². The number of hydrogen-bond acceptors (Lipinski definition) is 3. The van der Waals surface area contributed by atoms with E-state index in [-0.39, 0.29) is 11.8 Å². The third-order valence-electron chi connectivity index (χ3n) is 5.36. The summed E-state index contributed by atoms with van der Waals surface area (Å²) in [5, 5.41) is 0. The first-order valence-electron chi connectivity index (χ1n) is 9.90. The number of likely N-dealkylation sites (tertiary alicyclic amines) is 1. The summed E-state index contributed by atoms with van der Waals surface area (Å²) in [6.07, 6.45) is 6.18. The number of benzene rings is 2. The summed E-state index contributed by atoms with van der Waals surface area (Å²) in [6.45, 7) is 3.63. The minimum atomic E-state index is 0.193. The molecule has 0 aliphatic carbocycles. The van der Waals surface area contributed by atoms with Gasteiger partial charge in [-0.2, -0.15) is 0 Å². The maximum absolute atomic E-state index is 12.8. The van der Waals surface area contributed by atoms with Gasteiger partial charge in [0, 0.05) is 30.8 Å². The second kappa shape index (κ2) is 8.34. The van der Waals surface area contributed by atoms with E-state index in [1.165, 1.54) is 5.56 Å². The van der Waals surface area contributed by atoms with Gasteiger partial charge in [-0.1, -0.05) is 54.1 Å². The second-order valence-electron chi connectivity index (χ2n) is 7.54. The Kier molecular flexibility index (Phi) is 5.47. The molecule has 142 valence electrons. The zero-order valence-electron chi connectivity index (χ0n) is 16.2. The molecule has 1 atom stereocenters. The van der Waals surface area contributed by atoms with Crippen LogP contribution < -0.4 is 0 Å². The molecule has 1 aliphatic heterocycles. The molecule has 1 amide bonds. The van der Waals surface area contributed by atoms with Crippen LogP contribution in [-0.2, 0) is 11.2 Å². The van der Waals surface area contributed by atoms with Crippen molar-refractivity contribution in [2.24, 2.45) is 0 Å². The lowest BCUT2D eigenvalue weighted by Crippen LogP contribution is -2.40. The quantitative estimate of drug-likeness (QED) is 0.683. The van der Waals surface area contributed by atoms with Crippen molar-refractivity contribution < 1.29 is 4.79 Å². The fraction of sp³-hybridized carbons (Fsp3) is 0.292. The molecule has 1 fully saturated rings. The van der Waals surface area contributed by atoms with Crippen molar-refractivity contribution in [2.45, 2.75) is 32.1 Å². The van der Waals surface area contributed by atoms with Gasteiger partial charge in [-0.05, 0) is 31.4 Å². The lowest BCUT2D eigenvalue weighted by atomic mass is 9.94. The van der Waals surface area contributed by atoms with Gasteiger partial charge < -0.3 is 4.90 Å². The lowest BCUT2D eigenvalue weighted by molar-refractivity contribution is -0.131. The van der Waals surface area contributed by atoms with E-state index in [4.69, 9.17) is 4.98 Å². The van der Waals surface area contributed by atoms with Crippen LogP contribution in [0.15, 0.2) is 67.0 Å². The van der Waals surface area contributed by atoms with Gasteiger partial charge in [-0.25, -0.2) is 4.98 Å². The molecule has 3 aromatic rings. The van der Waals surface area contributed by atoms with Crippen molar-refractivity contribution in [1.29, 1.82) is 0 Å². The lowest BCUT2D eigenvalue weighted by Gasteiger charge is -2.32. The minimum absolute atomic E-state index is 0.193. The number of carbonyl (C=O) groups is 1. The smallest absolute Gasteiger partial charge is 0.227 e. The standard InChI is InChI=1S/C24H25N3O/c1-18-7-5-10-20(13-18)22-15-25-16-23(26-22)21-11-6-12-27(17-21)24(28)14-19-8-3-2-4-9-19/h2-5,7-10,13,15-16,21H,6,11-12,14,17H2,1H3/t21-/m0/s1. The van der Waals surface area contributed by atoms with Gasteiger partial charge in [-0.15, -0.1) is 0 Å². The molecule has 1 aromatic heterocycles. The Hall–Kier alpha value is -3.01. The highest BCUT2D eigenvalue weighted by atomic mass is 16.2. The Labute approximate surface area is 166 Å². The molecule has 0 N–H and O–H groups in total. The molecular formula is C24H25N3O. The van der Waals surface area contributed by atoms with Crippen molar-refractivity contribution in [3.63, 3.8) is 0 Å². The molecule has 2 aromatic carbocycles. The third-order valence-corrected chi connectivity index (χ3v) is 5.36. The monoisotopic (exact) mass is 371 g/mol. The number of amides is 1. The summed E-state index contributed by atoms with van der Waals surface area (Å²) < 4.78 is 0. The number of hydrogen-bond donors (Lipinski definition) is 0. The maximum atomic E-state index is 12.8. The van der Waals surface area contributed by atoms with E-state index in [0.29, 0.717) is 6.42 Å². The van der Waals surface area contributed by atoms with Crippen LogP contribution in [0.1, 0.15) is 35.6 Å². The highest BCUT2D eigenvalue weighted by Gasteiger charge is 2.26. The van der Waals surface area contributed by atoms with E-state index >= 15 is 0 Å². The van der Waals surface area contributed by atoms with Gasteiger partial charge in [0.2, 0.25) is 5.91 Å². The van der Waals surface area contributed by atoms with Crippen LogP contribution in [0.3, 0.4) is 0 Å². The number of aryl methyl sites for hydroxylation is 1. The molecule has 2 heterocycles. The van der Waals surface area contributed by atoms with Gasteiger partial charge >= 0.3 is 0 Å². The minimum Gasteiger partial charge on any atom is -0.342 e. The fourth-order valence-electron chi connectivity index (χ4n) is 3.85. The Morgan fingerprint density at radius 2 is 1.96 bits per heavy atom. The van der Waals surface area contributed by atoms with E-state index < -0.39 is 0 Å². The molecule has 0 spiro atoms. The molecule has 4 heteroatoms. The van der Waals surface area contributed by atoms with Crippen LogP contribution in [0.4, 0.5) is 0 Å². The zero-order chi connectivity index (χ0) is 19.3. The molecular weight excluding hydrogens is 346 g/mol. The van der Waals surface area contributed by atoms with E-state index in [0.717, 1.165) is 48.4 Å². The Morgan fingerprint density at radius 1 is 1.11 bits per heavy atom. The summed E-state index contributed by atoms with van der Waals surface area (Å²) in [5.41, 5.74) is 5.24. The van der Waals surface area contributed by atoms with Crippen LogP contribution in [0, 0.1) is 6.92 Å². The number of nitrogens with zero attached hydrogens (tertiary/aromatic N) is 3. The SMILES string of the molecule is Cc1cccc(-c2cncc([C@H]3CCCN(C(=O)Cc4ccccc4)C3)n2)c1. The predicted octanol–water partition coefficient (Wildman–Crippen LogP) is 4.40. The molecule has 1 saturated heterocycles. The first-order chi connectivity index (χ1) is 13.7. The first kappa shape index (κ1) is 18.4. The van der Waals surface area contributed by atoms with E-state index in [1.54, 1.807) is 0 Å². The normalized spacial score (nSPS) is 16.8. The van der Waals surface area contributed by atoms with E-state index in [2.05, 4.69) is 30.1 Å². The summed E-state index contributed by atoms with van der Waals surface area (Å²) in [7, 11) is 0. The summed E-state index contributed by atoms with van der Waals surface area (Å²) in [6, 6.07) is 18.3. The Bertz CT molecular complexity index is 955. The largest absolute Gasteiger partial charge is 0.342 e. The van der Waals surface area contributed by atoms with Gasteiger partial charge in [-0.3, -0.25) is 9.78 Å². The Balaban J connectivity index is 1.49. The Morgan fingerprint density at radius 3 is 2.79 bits per heavy atom. The van der Waals surface area contributed by atoms with E-state index in [1.807, 2.05) is 53.7 Å². The van der Waals surface area contributed by atoms with Crippen molar-refractivity contribution >= 4 is 5.91 Å². The van der Waals surface area contributed by atoms with Crippen molar-refractivity contribution in [3.8, 4) is 11.3 Å². The van der Waals surface area contributed by atoms with Crippen LogP contribution in [0.2, 0.25) is 0 Å². The van der Waals surface area contributed by atoms with Gasteiger partial charge in [0.25, 0.3) is 0 Å². The fourth-order valence-corrected chi connectivity index (χ4v) is 3.85. The van der Waals surface area contributed by atoms with Crippen LogP contribution >= 0.6 is 0 Å².